The van der Waals surface area contributed by atoms with Gasteiger partial charge < -0.3 is 14.6 Å². The molecule has 3 heterocycles. The quantitative estimate of drug-likeness (QED) is 0.907. The summed E-state index contributed by atoms with van der Waals surface area (Å²) in [5, 5.41) is 0. The van der Waals surface area contributed by atoms with Crippen LogP contribution in [0.5, 0.6) is 0 Å². The van der Waals surface area contributed by atoms with Gasteiger partial charge in [-0.2, -0.15) is 0 Å². The van der Waals surface area contributed by atoms with Gasteiger partial charge in [-0.25, -0.2) is 4.98 Å². The summed E-state index contributed by atoms with van der Waals surface area (Å²) in [6.45, 7) is 10.9. The standard InChI is InChI=1S/C20H30N4O/c1-16-5-6-18-19(14-16)22-20(21-18)17-4-2-7-24(15-17)9-3-8-23-10-12-25-13-11-23/h5-6,14,17H,2-4,7-13,15H2,1H3,(H,21,22)/t17-/m0/s1. The van der Waals surface area contributed by atoms with Gasteiger partial charge in [-0.3, -0.25) is 4.90 Å². The molecule has 1 aromatic carbocycles. The molecule has 4 rings (SSSR count). The topological polar surface area (TPSA) is 44.4 Å². The van der Waals surface area contributed by atoms with Crippen LogP contribution in [0.25, 0.3) is 11.0 Å². The lowest BCUT2D eigenvalue weighted by atomic mass is 9.97. The number of H-pyrrole nitrogens is 1. The highest BCUT2D eigenvalue weighted by atomic mass is 16.5. The largest absolute Gasteiger partial charge is 0.379 e. The maximum atomic E-state index is 5.43. The summed E-state index contributed by atoms with van der Waals surface area (Å²) in [5.41, 5.74) is 3.57. The van der Waals surface area contributed by atoms with Crippen LogP contribution in [0, 0.1) is 6.92 Å². The van der Waals surface area contributed by atoms with Gasteiger partial charge in [-0.1, -0.05) is 6.07 Å². The van der Waals surface area contributed by atoms with E-state index in [1.54, 1.807) is 0 Å². The van der Waals surface area contributed by atoms with Crippen LogP contribution in [0.3, 0.4) is 0 Å². The van der Waals surface area contributed by atoms with Crippen molar-refractivity contribution < 1.29 is 4.74 Å². The molecule has 1 aromatic heterocycles. The van der Waals surface area contributed by atoms with Gasteiger partial charge in [-0.15, -0.1) is 0 Å². The molecular formula is C20H30N4O. The Morgan fingerprint density at radius 3 is 2.88 bits per heavy atom. The number of aryl methyl sites for hydroxylation is 1. The third-order valence-electron chi connectivity index (χ3n) is 5.60. The molecule has 1 atom stereocenters. The van der Waals surface area contributed by atoms with Crippen molar-refractivity contribution in [3.63, 3.8) is 0 Å². The minimum Gasteiger partial charge on any atom is -0.379 e. The molecule has 5 heteroatoms. The number of rotatable bonds is 5. The first kappa shape index (κ1) is 17.0. The Bertz CT molecular complexity index is 692. The number of likely N-dealkylation sites (tertiary alicyclic amines) is 1. The maximum Gasteiger partial charge on any atom is 0.111 e. The molecule has 0 amide bonds. The third-order valence-corrected chi connectivity index (χ3v) is 5.60. The Morgan fingerprint density at radius 1 is 1.16 bits per heavy atom. The Balaban J connectivity index is 1.32. The second-order valence-corrected chi connectivity index (χ2v) is 7.59. The van der Waals surface area contributed by atoms with E-state index in [1.807, 2.05) is 0 Å². The van der Waals surface area contributed by atoms with E-state index in [0.717, 1.165) is 38.4 Å². The van der Waals surface area contributed by atoms with Gasteiger partial charge in [0.15, 0.2) is 0 Å². The molecule has 0 aliphatic carbocycles. The molecule has 0 radical (unpaired) electrons. The van der Waals surface area contributed by atoms with Crippen LogP contribution in [0.4, 0.5) is 0 Å². The number of nitrogens with one attached hydrogen (secondary N) is 1. The number of imidazole rings is 1. The Labute approximate surface area is 150 Å². The van der Waals surface area contributed by atoms with Crippen LogP contribution >= 0.6 is 0 Å². The third kappa shape index (κ3) is 4.22. The van der Waals surface area contributed by atoms with Gasteiger partial charge in [0.25, 0.3) is 0 Å². The van der Waals surface area contributed by atoms with Crippen LogP contribution in [-0.2, 0) is 4.74 Å². The van der Waals surface area contributed by atoms with Gasteiger partial charge in [0.1, 0.15) is 5.82 Å². The first-order chi connectivity index (χ1) is 12.3. The molecule has 25 heavy (non-hydrogen) atoms. The van der Waals surface area contributed by atoms with Gasteiger partial charge >= 0.3 is 0 Å². The number of hydrogen-bond acceptors (Lipinski definition) is 4. The maximum absolute atomic E-state index is 5.43. The SMILES string of the molecule is Cc1ccc2nc([C@H]3CCCN(CCCN4CCOCC4)C3)[nH]c2c1. The van der Waals surface area contributed by atoms with Crippen molar-refractivity contribution in [2.45, 2.75) is 32.1 Å². The Morgan fingerprint density at radius 2 is 2.00 bits per heavy atom. The predicted octanol–water partition coefficient (Wildman–Crippen LogP) is 2.77. The van der Waals surface area contributed by atoms with E-state index in [0.29, 0.717) is 5.92 Å². The van der Waals surface area contributed by atoms with Crippen LogP contribution < -0.4 is 0 Å². The number of benzene rings is 1. The number of hydrogen-bond donors (Lipinski definition) is 1. The molecule has 2 fully saturated rings. The van der Waals surface area contributed by atoms with Crippen LogP contribution in [0.2, 0.25) is 0 Å². The zero-order chi connectivity index (χ0) is 17.1. The van der Waals surface area contributed by atoms with E-state index in [4.69, 9.17) is 9.72 Å². The molecule has 2 aromatic rings. The predicted molar refractivity (Wildman–Crippen MR) is 101 cm³/mol. The summed E-state index contributed by atoms with van der Waals surface area (Å²) in [6.07, 6.45) is 3.78. The molecule has 136 valence electrons. The summed E-state index contributed by atoms with van der Waals surface area (Å²) in [7, 11) is 0. The summed E-state index contributed by atoms with van der Waals surface area (Å²) >= 11 is 0. The zero-order valence-electron chi connectivity index (χ0n) is 15.3. The zero-order valence-corrected chi connectivity index (χ0v) is 15.3. The fraction of sp³-hybridized carbons (Fsp3) is 0.650. The number of ether oxygens (including phenoxy) is 1. The number of fused-ring (bicyclic) bond motifs is 1. The molecule has 1 N–H and O–H groups in total. The average Bonchev–Trinajstić information content (AvgIpc) is 3.06. The van der Waals surface area contributed by atoms with Crippen molar-refractivity contribution in [2.24, 2.45) is 0 Å². The lowest BCUT2D eigenvalue weighted by molar-refractivity contribution is 0.0357. The second kappa shape index (κ2) is 7.85. The van der Waals surface area contributed by atoms with Gasteiger partial charge in [-0.05, 0) is 63.5 Å². The molecule has 0 spiro atoms. The highest BCUT2D eigenvalue weighted by Crippen LogP contribution is 2.27. The van der Waals surface area contributed by atoms with E-state index in [9.17, 15) is 0 Å². The highest BCUT2D eigenvalue weighted by molar-refractivity contribution is 5.75. The van der Waals surface area contributed by atoms with Crippen molar-refractivity contribution in [1.29, 1.82) is 0 Å². The summed E-state index contributed by atoms with van der Waals surface area (Å²) in [6, 6.07) is 6.48. The molecule has 0 unspecified atom stereocenters. The van der Waals surface area contributed by atoms with Crippen molar-refractivity contribution in [3.05, 3.63) is 29.6 Å². The smallest absolute Gasteiger partial charge is 0.111 e. The molecule has 2 aliphatic heterocycles. The fourth-order valence-electron chi connectivity index (χ4n) is 4.16. The minimum absolute atomic E-state index is 0.546. The number of aromatic amines is 1. The normalized spacial score (nSPS) is 23.3. The van der Waals surface area contributed by atoms with Crippen molar-refractivity contribution in [3.8, 4) is 0 Å². The van der Waals surface area contributed by atoms with Crippen molar-refractivity contribution in [1.82, 2.24) is 19.8 Å². The Hall–Kier alpha value is -1.43. The summed E-state index contributed by atoms with van der Waals surface area (Å²) < 4.78 is 5.43. The van der Waals surface area contributed by atoms with Crippen LogP contribution in [0.15, 0.2) is 18.2 Å². The van der Waals surface area contributed by atoms with Gasteiger partial charge in [0.05, 0.1) is 24.2 Å². The van der Waals surface area contributed by atoms with Crippen LogP contribution in [-0.4, -0.2) is 72.3 Å². The number of morpholine rings is 1. The van der Waals surface area contributed by atoms with Crippen molar-refractivity contribution in [2.75, 3.05) is 52.5 Å². The van der Waals surface area contributed by atoms with Crippen LogP contribution in [0.1, 0.15) is 36.6 Å². The molecule has 0 bridgehead atoms. The minimum atomic E-state index is 0.546. The first-order valence-electron chi connectivity index (χ1n) is 9.77. The fourth-order valence-corrected chi connectivity index (χ4v) is 4.16. The summed E-state index contributed by atoms with van der Waals surface area (Å²) in [5.74, 6) is 1.73. The molecule has 0 saturated carbocycles. The second-order valence-electron chi connectivity index (χ2n) is 7.59. The van der Waals surface area contributed by atoms with E-state index in [-0.39, 0.29) is 0 Å². The van der Waals surface area contributed by atoms with E-state index >= 15 is 0 Å². The molecule has 2 saturated heterocycles. The number of piperidine rings is 1. The average molecular weight is 342 g/mol. The lowest BCUT2D eigenvalue weighted by Crippen LogP contribution is -2.40. The lowest BCUT2D eigenvalue weighted by Gasteiger charge is -2.33. The first-order valence-corrected chi connectivity index (χ1v) is 9.77. The highest BCUT2D eigenvalue weighted by Gasteiger charge is 2.23. The van der Waals surface area contributed by atoms with E-state index < -0.39 is 0 Å². The molecular weight excluding hydrogens is 312 g/mol. The van der Waals surface area contributed by atoms with E-state index in [2.05, 4.69) is 39.9 Å². The van der Waals surface area contributed by atoms with E-state index in [1.165, 1.54) is 55.8 Å². The van der Waals surface area contributed by atoms with Gasteiger partial charge in [0, 0.05) is 25.6 Å². The monoisotopic (exact) mass is 342 g/mol. The number of aromatic nitrogens is 2. The van der Waals surface area contributed by atoms with Crippen molar-refractivity contribution >= 4 is 11.0 Å². The number of nitrogens with zero attached hydrogens (tertiary/aromatic N) is 3. The molecule has 5 nitrogen and oxygen atoms in total. The summed E-state index contributed by atoms with van der Waals surface area (Å²) in [4.78, 5) is 13.6. The molecule has 2 aliphatic rings. The van der Waals surface area contributed by atoms with Gasteiger partial charge in [0.2, 0.25) is 0 Å². The Kier molecular flexibility index (Phi) is 5.34.